The van der Waals surface area contributed by atoms with Crippen LogP contribution in [0.4, 0.5) is 19.0 Å². The monoisotopic (exact) mass is 494 g/mol. The standard InChI is InChI=1S/C24H26ClF3N4O2/c25-14-1-2-15(26)19(20(14)27)21(23-4-6-24(28,11-23)7-5-23)32-22(34)13-9-16(17(33)10-13)31-18-3-8-29-12-30-18/h1-3,8,12-13,16-17,21,33H,4-7,9-11H2,(H,32,34)(H,29,30,31)/t13-,16-,17+,21+,23?,24?/m0/s1. The number of carbonyl (C=O) groups is 1. The van der Waals surface area contributed by atoms with Gasteiger partial charge in [-0.15, -0.1) is 0 Å². The molecule has 0 radical (unpaired) electrons. The zero-order chi connectivity index (χ0) is 24.1. The van der Waals surface area contributed by atoms with Crippen LogP contribution in [0.25, 0.3) is 0 Å². The average molecular weight is 495 g/mol. The van der Waals surface area contributed by atoms with Crippen molar-refractivity contribution >= 4 is 23.3 Å². The lowest BCUT2D eigenvalue weighted by molar-refractivity contribution is -0.127. The summed E-state index contributed by atoms with van der Waals surface area (Å²) in [7, 11) is 0. The molecule has 0 saturated heterocycles. The van der Waals surface area contributed by atoms with Gasteiger partial charge in [-0.05, 0) is 68.6 Å². The van der Waals surface area contributed by atoms with Crippen LogP contribution in [0.3, 0.4) is 0 Å². The molecule has 0 spiro atoms. The van der Waals surface area contributed by atoms with Crippen molar-refractivity contribution in [3.8, 4) is 0 Å². The van der Waals surface area contributed by atoms with E-state index in [0.717, 1.165) is 12.1 Å². The molecule has 182 valence electrons. The molecule has 2 bridgehead atoms. The molecule has 10 heteroatoms. The highest BCUT2D eigenvalue weighted by Gasteiger charge is 2.59. The van der Waals surface area contributed by atoms with E-state index in [1.165, 1.54) is 6.33 Å². The van der Waals surface area contributed by atoms with Crippen molar-refractivity contribution < 1.29 is 23.1 Å². The maximum absolute atomic E-state index is 15.1. The third-order valence-electron chi connectivity index (χ3n) is 7.89. The van der Waals surface area contributed by atoms with Gasteiger partial charge in [0.25, 0.3) is 0 Å². The lowest BCUT2D eigenvalue weighted by Crippen LogP contribution is -2.42. The number of nitrogens with zero attached hydrogens (tertiary/aromatic N) is 2. The van der Waals surface area contributed by atoms with Crippen LogP contribution in [0, 0.1) is 23.0 Å². The second-order valence-corrected chi connectivity index (χ2v) is 10.4. The van der Waals surface area contributed by atoms with Gasteiger partial charge in [0, 0.05) is 17.7 Å². The second-order valence-electron chi connectivity index (χ2n) is 9.97. The van der Waals surface area contributed by atoms with Gasteiger partial charge in [0.1, 0.15) is 29.4 Å². The van der Waals surface area contributed by atoms with Crippen molar-refractivity contribution in [2.24, 2.45) is 11.3 Å². The molecular formula is C24H26ClF3N4O2. The normalized spacial score (nSPS) is 33.1. The van der Waals surface area contributed by atoms with Gasteiger partial charge in [-0.2, -0.15) is 0 Å². The molecule has 2 aromatic rings. The largest absolute Gasteiger partial charge is 0.391 e. The van der Waals surface area contributed by atoms with Gasteiger partial charge in [-0.1, -0.05) is 11.6 Å². The Hall–Kier alpha value is -2.39. The number of hydrogen-bond acceptors (Lipinski definition) is 5. The summed E-state index contributed by atoms with van der Waals surface area (Å²) in [6.07, 6.45) is 4.21. The van der Waals surface area contributed by atoms with E-state index in [1.54, 1.807) is 12.3 Å². The molecule has 6 nitrogen and oxygen atoms in total. The van der Waals surface area contributed by atoms with Crippen LogP contribution in [-0.2, 0) is 4.79 Å². The molecule has 4 atom stereocenters. The molecule has 3 saturated carbocycles. The Morgan fingerprint density at radius 3 is 2.59 bits per heavy atom. The number of rotatable bonds is 6. The number of aromatic nitrogens is 2. The topological polar surface area (TPSA) is 87.1 Å². The zero-order valence-corrected chi connectivity index (χ0v) is 19.2. The fraction of sp³-hybridized carbons (Fsp3) is 0.542. The average Bonchev–Trinajstić information content (AvgIpc) is 3.47. The van der Waals surface area contributed by atoms with Gasteiger partial charge >= 0.3 is 0 Å². The van der Waals surface area contributed by atoms with Crippen LogP contribution in [0.15, 0.2) is 30.7 Å². The Labute approximate surface area is 200 Å². The van der Waals surface area contributed by atoms with Crippen LogP contribution in [0.1, 0.15) is 56.6 Å². The number of carbonyl (C=O) groups excluding carboxylic acids is 1. The van der Waals surface area contributed by atoms with Crippen LogP contribution in [0.5, 0.6) is 0 Å². The first kappa shape index (κ1) is 23.4. The number of amides is 1. The van der Waals surface area contributed by atoms with Gasteiger partial charge < -0.3 is 15.7 Å². The first-order valence-electron chi connectivity index (χ1n) is 11.5. The number of hydrogen-bond donors (Lipinski definition) is 3. The van der Waals surface area contributed by atoms with Gasteiger partial charge in [-0.25, -0.2) is 23.1 Å². The van der Waals surface area contributed by atoms with Gasteiger partial charge in [0.05, 0.1) is 23.2 Å². The highest BCUT2D eigenvalue weighted by molar-refractivity contribution is 6.30. The number of alkyl halides is 1. The molecule has 1 amide bonds. The number of aliphatic hydroxyl groups excluding tert-OH is 1. The van der Waals surface area contributed by atoms with E-state index in [-0.39, 0.29) is 23.4 Å². The lowest BCUT2D eigenvalue weighted by atomic mass is 9.74. The maximum Gasteiger partial charge on any atom is 0.223 e. The first-order chi connectivity index (χ1) is 16.2. The number of aliphatic hydroxyl groups is 1. The molecule has 3 fully saturated rings. The third-order valence-corrected chi connectivity index (χ3v) is 8.18. The Bertz CT molecular complexity index is 1080. The second kappa shape index (κ2) is 8.68. The molecule has 34 heavy (non-hydrogen) atoms. The van der Waals surface area contributed by atoms with Gasteiger partial charge in [0.2, 0.25) is 5.91 Å². The Kier molecular flexibility index (Phi) is 5.96. The van der Waals surface area contributed by atoms with E-state index in [0.29, 0.717) is 37.9 Å². The highest BCUT2D eigenvalue weighted by atomic mass is 35.5. The molecule has 3 aliphatic rings. The predicted octanol–water partition coefficient (Wildman–Crippen LogP) is 4.49. The fourth-order valence-corrected chi connectivity index (χ4v) is 6.29. The minimum atomic E-state index is -1.37. The SMILES string of the molecule is O=C(N[C@H](c1c(F)ccc(Cl)c1F)C12CCC(F)(CC1)C2)[C@@H]1C[C@@H](O)[C@@H](Nc2ccncn2)C1. The van der Waals surface area contributed by atoms with Gasteiger partial charge in [-0.3, -0.25) is 4.79 Å². The van der Waals surface area contributed by atoms with Crippen molar-refractivity contribution in [1.82, 2.24) is 15.3 Å². The summed E-state index contributed by atoms with van der Waals surface area (Å²) in [4.78, 5) is 21.3. The molecule has 0 aliphatic heterocycles. The maximum atomic E-state index is 15.1. The molecule has 3 N–H and O–H groups in total. The summed E-state index contributed by atoms with van der Waals surface area (Å²) in [5.74, 6) is -2.24. The smallest absolute Gasteiger partial charge is 0.223 e. The lowest BCUT2D eigenvalue weighted by Gasteiger charge is -2.37. The Balaban J connectivity index is 1.39. The predicted molar refractivity (Wildman–Crippen MR) is 120 cm³/mol. The summed E-state index contributed by atoms with van der Waals surface area (Å²) in [6, 6.07) is 2.39. The van der Waals surface area contributed by atoms with E-state index in [4.69, 9.17) is 11.6 Å². The zero-order valence-electron chi connectivity index (χ0n) is 18.4. The Morgan fingerprint density at radius 2 is 1.94 bits per heavy atom. The fourth-order valence-electron chi connectivity index (χ4n) is 6.12. The highest BCUT2D eigenvalue weighted by Crippen LogP contribution is 2.63. The van der Waals surface area contributed by atoms with E-state index < -0.39 is 52.7 Å². The molecule has 3 aliphatic carbocycles. The minimum absolute atomic E-state index is 0.140. The van der Waals surface area contributed by atoms with Crippen molar-refractivity contribution in [3.05, 3.63) is 52.9 Å². The van der Waals surface area contributed by atoms with E-state index in [9.17, 15) is 14.3 Å². The molecule has 5 rings (SSSR count). The summed E-state index contributed by atoms with van der Waals surface area (Å²) < 4.78 is 45.1. The molecule has 1 aromatic heterocycles. The van der Waals surface area contributed by atoms with Crippen LogP contribution in [-0.4, -0.2) is 38.8 Å². The number of benzene rings is 1. The number of fused-ring (bicyclic) bond motifs is 2. The van der Waals surface area contributed by atoms with E-state index >= 15 is 8.78 Å². The summed E-state index contributed by atoms with van der Waals surface area (Å²) >= 11 is 5.96. The number of anilines is 1. The first-order valence-corrected chi connectivity index (χ1v) is 11.9. The molecule has 0 unspecified atom stereocenters. The summed E-state index contributed by atoms with van der Waals surface area (Å²) in [5.41, 5.74) is -2.47. The van der Waals surface area contributed by atoms with Crippen LogP contribution >= 0.6 is 11.6 Å². The van der Waals surface area contributed by atoms with E-state index in [1.807, 2.05) is 0 Å². The molecule has 1 aromatic carbocycles. The van der Waals surface area contributed by atoms with Crippen molar-refractivity contribution in [2.45, 2.75) is 68.8 Å². The van der Waals surface area contributed by atoms with Crippen LogP contribution in [0.2, 0.25) is 5.02 Å². The Morgan fingerprint density at radius 1 is 1.18 bits per heavy atom. The quantitative estimate of drug-likeness (QED) is 0.515. The summed E-state index contributed by atoms with van der Waals surface area (Å²) in [5, 5.41) is 16.2. The summed E-state index contributed by atoms with van der Waals surface area (Å²) in [6.45, 7) is 0. The number of halogens is 4. The van der Waals surface area contributed by atoms with Crippen LogP contribution < -0.4 is 10.6 Å². The molecular weight excluding hydrogens is 469 g/mol. The van der Waals surface area contributed by atoms with E-state index in [2.05, 4.69) is 20.6 Å². The van der Waals surface area contributed by atoms with Crippen molar-refractivity contribution in [1.29, 1.82) is 0 Å². The minimum Gasteiger partial charge on any atom is -0.391 e. The van der Waals surface area contributed by atoms with Gasteiger partial charge in [0.15, 0.2) is 0 Å². The van der Waals surface area contributed by atoms with Crippen molar-refractivity contribution in [2.75, 3.05) is 5.32 Å². The third kappa shape index (κ3) is 4.13. The van der Waals surface area contributed by atoms with Crippen molar-refractivity contribution in [3.63, 3.8) is 0 Å². The molecule has 1 heterocycles. The number of nitrogens with one attached hydrogen (secondary N) is 2.